The minimum absolute atomic E-state index is 0.267. The van der Waals surface area contributed by atoms with Gasteiger partial charge in [-0.3, -0.25) is 0 Å². The first-order chi connectivity index (χ1) is 8.15. The van der Waals surface area contributed by atoms with Crippen molar-refractivity contribution in [3.63, 3.8) is 0 Å². The van der Waals surface area contributed by atoms with E-state index in [1.807, 2.05) is 38.1 Å². The molecule has 0 amide bonds. The monoisotopic (exact) mass is 251 g/mol. The number of rotatable bonds is 4. The van der Waals surface area contributed by atoms with E-state index in [4.69, 9.17) is 16.1 Å². The van der Waals surface area contributed by atoms with Crippen LogP contribution in [-0.4, -0.2) is 16.2 Å². The minimum Gasteiger partial charge on any atom is -0.336 e. The fourth-order valence-corrected chi connectivity index (χ4v) is 1.65. The Bertz CT molecular complexity index is 496. The van der Waals surface area contributed by atoms with Gasteiger partial charge in [0, 0.05) is 17.5 Å². The Balaban J connectivity index is 2.09. The molecule has 0 fully saturated rings. The molecule has 5 heteroatoms. The molecule has 0 radical (unpaired) electrons. The first-order valence-electron chi connectivity index (χ1n) is 5.47. The number of hydrogen-bond donors (Lipinski definition) is 1. The molecule has 90 valence electrons. The van der Waals surface area contributed by atoms with E-state index < -0.39 is 0 Å². The largest absolute Gasteiger partial charge is 0.336 e. The first kappa shape index (κ1) is 11.9. The Hall–Kier alpha value is -1.55. The van der Waals surface area contributed by atoms with Gasteiger partial charge in [-0.2, -0.15) is 4.98 Å². The highest BCUT2D eigenvalue weighted by Gasteiger charge is 2.09. The van der Waals surface area contributed by atoms with Crippen LogP contribution in [-0.2, 0) is 6.42 Å². The number of nitrogens with one attached hydrogen (secondary N) is 1. The van der Waals surface area contributed by atoms with Crippen LogP contribution in [0.1, 0.15) is 25.2 Å². The average Bonchev–Trinajstić information content (AvgIpc) is 2.68. The van der Waals surface area contributed by atoms with Gasteiger partial charge < -0.3 is 9.84 Å². The summed E-state index contributed by atoms with van der Waals surface area (Å²) >= 11 is 6.06. The van der Waals surface area contributed by atoms with Crippen molar-refractivity contribution in [1.82, 2.24) is 10.1 Å². The van der Waals surface area contributed by atoms with Crippen molar-refractivity contribution in [2.45, 2.75) is 26.3 Å². The molecule has 0 aliphatic carbocycles. The molecule has 1 aromatic heterocycles. The predicted molar refractivity (Wildman–Crippen MR) is 67.3 cm³/mol. The standard InChI is InChI=1S/C12H14ClN3O/c1-8(2)14-12-15-11(16-17-12)7-9-5-3-4-6-10(9)13/h3-6,8H,7H2,1-2H3,(H,14,15,16). The van der Waals surface area contributed by atoms with Gasteiger partial charge in [0.05, 0.1) is 0 Å². The predicted octanol–water partition coefficient (Wildman–Crippen LogP) is 3.13. The molecule has 1 N–H and O–H groups in total. The normalized spacial score (nSPS) is 10.8. The Morgan fingerprint density at radius 2 is 2.12 bits per heavy atom. The van der Waals surface area contributed by atoms with Crippen LogP contribution in [0.2, 0.25) is 5.02 Å². The molecule has 0 saturated heterocycles. The van der Waals surface area contributed by atoms with Gasteiger partial charge in [-0.15, -0.1) is 0 Å². The summed E-state index contributed by atoms with van der Waals surface area (Å²) in [6, 6.07) is 8.35. The van der Waals surface area contributed by atoms with Gasteiger partial charge in [0.1, 0.15) is 0 Å². The number of benzene rings is 1. The highest BCUT2D eigenvalue weighted by molar-refractivity contribution is 6.31. The van der Waals surface area contributed by atoms with E-state index in [0.717, 1.165) is 10.6 Å². The average molecular weight is 252 g/mol. The van der Waals surface area contributed by atoms with E-state index in [1.54, 1.807) is 0 Å². The second-order valence-corrected chi connectivity index (χ2v) is 4.49. The third-order valence-electron chi connectivity index (χ3n) is 2.19. The molecule has 1 heterocycles. The summed E-state index contributed by atoms with van der Waals surface area (Å²) in [7, 11) is 0. The molecule has 0 aliphatic heterocycles. The Morgan fingerprint density at radius 1 is 1.35 bits per heavy atom. The minimum atomic E-state index is 0.267. The van der Waals surface area contributed by atoms with Crippen LogP contribution in [0.4, 0.5) is 6.01 Å². The molecule has 0 atom stereocenters. The van der Waals surface area contributed by atoms with E-state index in [9.17, 15) is 0 Å². The highest BCUT2D eigenvalue weighted by atomic mass is 35.5. The molecule has 17 heavy (non-hydrogen) atoms. The number of halogens is 1. The lowest BCUT2D eigenvalue weighted by Crippen LogP contribution is -2.09. The highest BCUT2D eigenvalue weighted by Crippen LogP contribution is 2.18. The maximum absolute atomic E-state index is 6.06. The molecule has 0 spiro atoms. The van der Waals surface area contributed by atoms with E-state index in [2.05, 4.69) is 15.5 Å². The summed E-state index contributed by atoms with van der Waals surface area (Å²) in [5.41, 5.74) is 0.992. The van der Waals surface area contributed by atoms with Crippen LogP contribution in [0.3, 0.4) is 0 Å². The van der Waals surface area contributed by atoms with Gasteiger partial charge in [-0.05, 0) is 25.5 Å². The summed E-state index contributed by atoms with van der Waals surface area (Å²) in [5.74, 6) is 0.626. The zero-order chi connectivity index (χ0) is 12.3. The van der Waals surface area contributed by atoms with Gasteiger partial charge in [-0.25, -0.2) is 0 Å². The molecule has 2 rings (SSSR count). The smallest absolute Gasteiger partial charge is 0.321 e. The third-order valence-corrected chi connectivity index (χ3v) is 2.56. The number of nitrogens with zero attached hydrogens (tertiary/aromatic N) is 2. The van der Waals surface area contributed by atoms with Crippen LogP contribution in [0.15, 0.2) is 28.8 Å². The maximum Gasteiger partial charge on any atom is 0.321 e. The van der Waals surface area contributed by atoms with Gasteiger partial charge in [0.15, 0.2) is 5.82 Å². The van der Waals surface area contributed by atoms with Crippen LogP contribution in [0.25, 0.3) is 0 Å². The van der Waals surface area contributed by atoms with Crippen molar-refractivity contribution in [1.29, 1.82) is 0 Å². The number of anilines is 1. The summed E-state index contributed by atoms with van der Waals surface area (Å²) < 4.78 is 5.07. The van der Waals surface area contributed by atoms with Crippen LogP contribution in [0.5, 0.6) is 0 Å². The van der Waals surface area contributed by atoms with Crippen molar-refractivity contribution in [3.05, 3.63) is 40.7 Å². The van der Waals surface area contributed by atoms with Gasteiger partial charge in [0.25, 0.3) is 0 Å². The van der Waals surface area contributed by atoms with E-state index in [1.165, 1.54) is 0 Å². The second kappa shape index (κ2) is 5.19. The van der Waals surface area contributed by atoms with E-state index in [-0.39, 0.29) is 6.04 Å². The van der Waals surface area contributed by atoms with E-state index in [0.29, 0.717) is 18.3 Å². The van der Waals surface area contributed by atoms with Gasteiger partial charge >= 0.3 is 6.01 Å². The van der Waals surface area contributed by atoms with Crippen molar-refractivity contribution in [2.75, 3.05) is 5.32 Å². The summed E-state index contributed by atoms with van der Waals surface area (Å²) in [4.78, 5) is 4.24. The fraction of sp³-hybridized carbons (Fsp3) is 0.333. The lowest BCUT2D eigenvalue weighted by Gasteiger charge is -2.02. The lowest BCUT2D eigenvalue weighted by atomic mass is 10.1. The quantitative estimate of drug-likeness (QED) is 0.907. The SMILES string of the molecule is CC(C)Nc1nc(Cc2ccccc2Cl)no1. The zero-order valence-corrected chi connectivity index (χ0v) is 10.5. The lowest BCUT2D eigenvalue weighted by molar-refractivity contribution is 0.421. The topological polar surface area (TPSA) is 51.0 Å². The summed E-state index contributed by atoms with van der Waals surface area (Å²) in [6.07, 6.45) is 0.572. The second-order valence-electron chi connectivity index (χ2n) is 4.08. The van der Waals surface area contributed by atoms with Crippen LogP contribution in [0, 0.1) is 0 Å². The Morgan fingerprint density at radius 3 is 2.82 bits per heavy atom. The van der Waals surface area contributed by atoms with Crippen LogP contribution < -0.4 is 5.32 Å². The molecule has 0 bridgehead atoms. The summed E-state index contributed by atoms with van der Waals surface area (Å²) in [6.45, 7) is 4.02. The number of aromatic nitrogens is 2. The fourth-order valence-electron chi connectivity index (χ4n) is 1.44. The molecule has 0 aliphatic rings. The number of hydrogen-bond acceptors (Lipinski definition) is 4. The van der Waals surface area contributed by atoms with Crippen molar-refractivity contribution in [3.8, 4) is 0 Å². The van der Waals surface area contributed by atoms with Crippen molar-refractivity contribution >= 4 is 17.6 Å². The summed E-state index contributed by atoms with van der Waals surface area (Å²) in [5, 5.41) is 7.67. The first-order valence-corrected chi connectivity index (χ1v) is 5.85. The molecule has 0 unspecified atom stereocenters. The molecule has 0 saturated carbocycles. The Kier molecular flexibility index (Phi) is 3.64. The van der Waals surface area contributed by atoms with Crippen LogP contribution >= 0.6 is 11.6 Å². The maximum atomic E-state index is 6.06. The Labute approximate surface area is 105 Å². The van der Waals surface area contributed by atoms with Crippen molar-refractivity contribution < 1.29 is 4.52 Å². The van der Waals surface area contributed by atoms with Gasteiger partial charge in [0.2, 0.25) is 0 Å². The molecule has 4 nitrogen and oxygen atoms in total. The molecule has 1 aromatic carbocycles. The van der Waals surface area contributed by atoms with Gasteiger partial charge in [-0.1, -0.05) is 35.0 Å². The van der Waals surface area contributed by atoms with Crippen molar-refractivity contribution in [2.24, 2.45) is 0 Å². The molecular weight excluding hydrogens is 238 g/mol. The molecular formula is C12H14ClN3O. The molecule has 2 aromatic rings. The third kappa shape index (κ3) is 3.20. The van der Waals surface area contributed by atoms with E-state index >= 15 is 0 Å². The zero-order valence-electron chi connectivity index (χ0n) is 9.77.